The third-order valence-electron chi connectivity index (χ3n) is 1.65. The highest BCUT2D eigenvalue weighted by Gasteiger charge is 2.16. The van der Waals surface area contributed by atoms with E-state index in [4.69, 9.17) is 0 Å². The molecule has 0 fully saturated rings. The zero-order valence-electron chi connectivity index (χ0n) is 6.95. The van der Waals surface area contributed by atoms with Crippen LogP contribution in [0.3, 0.4) is 0 Å². The summed E-state index contributed by atoms with van der Waals surface area (Å²) in [5, 5.41) is 20.3. The molecule has 0 aliphatic heterocycles. The zero-order chi connectivity index (χ0) is 10.0. The molecule has 0 aliphatic rings. The van der Waals surface area contributed by atoms with Gasteiger partial charge >= 0.3 is 5.69 Å². The number of aromatic hydroxyl groups is 1. The molecule has 0 aliphatic carbocycles. The van der Waals surface area contributed by atoms with Crippen molar-refractivity contribution in [2.45, 2.75) is 12.3 Å². The number of aryl methyl sites for hydroxylation is 1. The number of nitro benzene ring substituents is 1. The summed E-state index contributed by atoms with van der Waals surface area (Å²) in [6.07, 6.45) is 0. The Labute approximate surface area is 83.5 Å². The number of hydrogen-bond acceptors (Lipinski definition) is 3. The molecule has 0 unspecified atom stereocenters. The van der Waals surface area contributed by atoms with E-state index in [1.165, 1.54) is 6.07 Å². The van der Waals surface area contributed by atoms with Crippen LogP contribution in [0.2, 0.25) is 0 Å². The summed E-state index contributed by atoms with van der Waals surface area (Å²) in [5.74, 6) is -0.257. The van der Waals surface area contributed by atoms with E-state index < -0.39 is 4.92 Å². The van der Waals surface area contributed by atoms with Crippen LogP contribution >= 0.6 is 15.9 Å². The number of alkyl halides is 1. The van der Waals surface area contributed by atoms with Gasteiger partial charge < -0.3 is 5.11 Å². The van der Waals surface area contributed by atoms with Crippen LogP contribution in [-0.4, -0.2) is 10.0 Å². The Morgan fingerprint density at radius 1 is 1.62 bits per heavy atom. The van der Waals surface area contributed by atoms with Crippen LogP contribution in [0.15, 0.2) is 12.1 Å². The normalized spacial score (nSPS) is 10.0. The van der Waals surface area contributed by atoms with E-state index in [1.807, 2.05) is 0 Å². The topological polar surface area (TPSA) is 63.4 Å². The van der Waals surface area contributed by atoms with Gasteiger partial charge in [-0.1, -0.05) is 22.0 Å². The van der Waals surface area contributed by atoms with E-state index >= 15 is 0 Å². The third-order valence-corrected chi connectivity index (χ3v) is 2.26. The third kappa shape index (κ3) is 1.98. The molecule has 0 amide bonds. The number of nitro groups is 1. The summed E-state index contributed by atoms with van der Waals surface area (Å²) in [5.41, 5.74) is 1.06. The minimum Gasteiger partial charge on any atom is -0.502 e. The smallest absolute Gasteiger partial charge is 0.311 e. The Kier molecular flexibility index (Phi) is 2.87. The predicted octanol–water partition coefficient (Wildman–Crippen LogP) is 2.50. The molecule has 0 bridgehead atoms. The summed E-state index contributed by atoms with van der Waals surface area (Å²) < 4.78 is 0. The van der Waals surface area contributed by atoms with Crippen molar-refractivity contribution >= 4 is 21.6 Å². The highest BCUT2D eigenvalue weighted by molar-refractivity contribution is 9.08. The van der Waals surface area contributed by atoms with Gasteiger partial charge in [-0.3, -0.25) is 10.1 Å². The molecule has 0 aromatic heterocycles. The van der Waals surface area contributed by atoms with Gasteiger partial charge in [0.2, 0.25) is 0 Å². The standard InChI is InChI=1S/C8H8BrNO3/c1-5-2-6(4-9)8(11)7(3-5)10(12)13/h2-3,11H,4H2,1H3. The van der Waals surface area contributed by atoms with Gasteiger partial charge in [-0.25, -0.2) is 0 Å². The number of hydrogen-bond donors (Lipinski definition) is 1. The maximum absolute atomic E-state index is 10.5. The first-order valence-corrected chi connectivity index (χ1v) is 4.71. The van der Waals surface area contributed by atoms with Crippen LogP contribution in [-0.2, 0) is 5.33 Å². The van der Waals surface area contributed by atoms with Gasteiger partial charge in [-0.05, 0) is 12.5 Å². The lowest BCUT2D eigenvalue weighted by atomic mass is 10.1. The number of phenolic OH excluding ortho intramolecular Hbond substituents is 1. The molecule has 5 heteroatoms. The largest absolute Gasteiger partial charge is 0.502 e. The van der Waals surface area contributed by atoms with Crippen LogP contribution in [0.4, 0.5) is 5.69 Å². The first-order chi connectivity index (χ1) is 6.06. The Bertz CT molecular complexity index is 351. The fourth-order valence-corrected chi connectivity index (χ4v) is 1.50. The maximum Gasteiger partial charge on any atom is 0.311 e. The number of phenols is 1. The van der Waals surface area contributed by atoms with Gasteiger partial charge in [0, 0.05) is 17.0 Å². The average Bonchev–Trinajstić information content (AvgIpc) is 2.08. The molecule has 4 nitrogen and oxygen atoms in total. The zero-order valence-corrected chi connectivity index (χ0v) is 8.54. The predicted molar refractivity (Wildman–Crippen MR) is 52.1 cm³/mol. The molecule has 0 spiro atoms. The van der Waals surface area contributed by atoms with Crippen molar-refractivity contribution in [1.29, 1.82) is 0 Å². The highest BCUT2D eigenvalue weighted by Crippen LogP contribution is 2.32. The molecule has 1 N–H and O–H groups in total. The lowest BCUT2D eigenvalue weighted by molar-refractivity contribution is -0.386. The van der Waals surface area contributed by atoms with Crippen molar-refractivity contribution in [2.24, 2.45) is 0 Å². The number of halogens is 1. The van der Waals surface area contributed by atoms with Gasteiger partial charge in [-0.15, -0.1) is 0 Å². The Morgan fingerprint density at radius 2 is 2.23 bits per heavy atom. The maximum atomic E-state index is 10.5. The van der Waals surface area contributed by atoms with Crippen LogP contribution in [0, 0.1) is 17.0 Å². The number of rotatable bonds is 2. The fourth-order valence-electron chi connectivity index (χ4n) is 1.07. The number of benzene rings is 1. The van der Waals surface area contributed by atoms with E-state index in [2.05, 4.69) is 15.9 Å². The summed E-state index contributed by atoms with van der Waals surface area (Å²) in [6, 6.07) is 3.05. The molecular formula is C8H8BrNO3. The second-order valence-corrected chi connectivity index (χ2v) is 3.24. The van der Waals surface area contributed by atoms with Gasteiger partial charge in [0.25, 0.3) is 0 Å². The first kappa shape index (κ1) is 9.98. The summed E-state index contributed by atoms with van der Waals surface area (Å²) >= 11 is 3.14. The summed E-state index contributed by atoms with van der Waals surface area (Å²) in [7, 11) is 0. The fraction of sp³-hybridized carbons (Fsp3) is 0.250. The second-order valence-electron chi connectivity index (χ2n) is 2.68. The van der Waals surface area contributed by atoms with Crippen molar-refractivity contribution in [3.8, 4) is 5.75 Å². The monoisotopic (exact) mass is 245 g/mol. The van der Waals surface area contributed by atoms with Gasteiger partial charge in [0.05, 0.1) is 4.92 Å². The molecule has 0 heterocycles. The molecule has 0 atom stereocenters. The molecule has 0 saturated heterocycles. The average molecular weight is 246 g/mol. The molecule has 13 heavy (non-hydrogen) atoms. The van der Waals surface area contributed by atoms with Crippen molar-refractivity contribution in [1.82, 2.24) is 0 Å². The Hall–Kier alpha value is -1.10. The summed E-state index contributed by atoms with van der Waals surface area (Å²) in [6.45, 7) is 1.75. The Morgan fingerprint density at radius 3 is 2.69 bits per heavy atom. The van der Waals surface area contributed by atoms with Crippen molar-refractivity contribution in [2.75, 3.05) is 0 Å². The van der Waals surface area contributed by atoms with E-state index in [0.717, 1.165) is 5.56 Å². The van der Waals surface area contributed by atoms with E-state index in [-0.39, 0.29) is 11.4 Å². The lowest BCUT2D eigenvalue weighted by Gasteiger charge is -2.02. The SMILES string of the molecule is Cc1cc(CBr)c(O)c([N+](=O)[O-])c1. The van der Waals surface area contributed by atoms with E-state index in [0.29, 0.717) is 10.9 Å². The van der Waals surface area contributed by atoms with Gasteiger partial charge in [0.1, 0.15) is 0 Å². The van der Waals surface area contributed by atoms with E-state index in [1.54, 1.807) is 13.0 Å². The van der Waals surface area contributed by atoms with Crippen molar-refractivity contribution < 1.29 is 10.0 Å². The Balaban J connectivity index is 3.35. The molecule has 0 saturated carbocycles. The highest BCUT2D eigenvalue weighted by atomic mass is 79.9. The minimum absolute atomic E-state index is 0.241. The molecule has 1 aromatic carbocycles. The first-order valence-electron chi connectivity index (χ1n) is 3.59. The molecule has 1 aromatic rings. The van der Waals surface area contributed by atoms with Gasteiger partial charge in [-0.2, -0.15) is 0 Å². The minimum atomic E-state index is -0.589. The van der Waals surface area contributed by atoms with E-state index in [9.17, 15) is 15.2 Å². The molecule has 1 rings (SSSR count). The molecule has 70 valence electrons. The quantitative estimate of drug-likeness (QED) is 0.495. The lowest BCUT2D eigenvalue weighted by Crippen LogP contribution is -1.92. The molecule has 0 radical (unpaired) electrons. The molecular weight excluding hydrogens is 238 g/mol. The summed E-state index contributed by atoms with van der Waals surface area (Å²) in [4.78, 5) is 9.88. The van der Waals surface area contributed by atoms with Gasteiger partial charge in [0.15, 0.2) is 5.75 Å². The van der Waals surface area contributed by atoms with Crippen LogP contribution in [0.25, 0.3) is 0 Å². The van der Waals surface area contributed by atoms with Crippen LogP contribution < -0.4 is 0 Å². The van der Waals surface area contributed by atoms with Crippen LogP contribution in [0.1, 0.15) is 11.1 Å². The number of nitrogens with zero attached hydrogens (tertiary/aromatic N) is 1. The van der Waals surface area contributed by atoms with Crippen LogP contribution in [0.5, 0.6) is 5.75 Å². The van der Waals surface area contributed by atoms with Crippen molar-refractivity contribution in [3.63, 3.8) is 0 Å². The van der Waals surface area contributed by atoms with Crippen molar-refractivity contribution in [3.05, 3.63) is 33.4 Å². The second kappa shape index (κ2) is 3.74.